The molecule has 24 heavy (non-hydrogen) atoms. The predicted octanol–water partition coefficient (Wildman–Crippen LogP) is 2.77. The zero-order chi connectivity index (χ0) is 16.5. The number of hydrogen-bond donors (Lipinski definition) is 1. The molecule has 4 rings (SSSR count). The minimum Gasteiger partial charge on any atom is -0.293 e. The first kappa shape index (κ1) is 15.2. The lowest BCUT2D eigenvalue weighted by Gasteiger charge is -2.25. The summed E-state index contributed by atoms with van der Waals surface area (Å²) in [7, 11) is 0. The highest BCUT2D eigenvalue weighted by molar-refractivity contribution is 6.30. The fourth-order valence-corrected chi connectivity index (χ4v) is 3.26. The van der Waals surface area contributed by atoms with Crippen LogP contribution >= 0.6 is 11.6 Å². The Labute approximate surface area is 144 Å². The van der Waals surface area contributed by atoms with Crippen molar-refractivity contribution in [3.05, 3.63) is 81.0 Å². The summed E-state index contributed by atoms with van der Waals surface area (Å²) in [5.74, 6) is 0. The van der Waals surface area contributed by atoms with Crippen LogP contribution < -0.4 is 5.56 Å². The fourth-order valence-electron chi connectivity index (χ4n) is 3.14. The second-order valence-corrected chi connectivity index (χ2v) is 6.44. The zero-order valence-electron chi connectivity index (χ0n) is 13.1. The van der Waals surface area contributed by atoms with Gasteiger partial charge < -0.3 is 0 Å². The molecule has 0 spiro atoms. The number of nitrogens with zero attached hydrogens (tertiary/aromatic N) is 3. The quantitative estimate of drug-likeness (QED) is 0.797. The smallest absolute Gasteiger partial charge is 0.274 e. The summed E-state index contributed by atoms with van der Waals surface area (Å²) in [6.07, 6.45) is 4.42. The Hall–Kier alpha value is -2.37. The van der Waals surface area contributed by atoms with E-state index < -0.39 is 0 Å². The summed E-state index contributed by atoms with van der Waals surface area (Å²) in [6.45, 7) is 2.44. The molecule has 3 aromatic rings. The molecule has 0 amide bonds. The molecule has 0 saturated heterocycles. The van der Waals surface area contributed by atoms with Crippen molar-refractivity contribution in [2.75, 3.05) is 6.54 Å². The van der Waals surface area contributed by atoms with E-state index in [-0.39, 0.29) is 5.56 Å². The van der Waals surface area contributed by atoms with Crippen molar-refractivity contribution in [2.24, 2.45) is 0 Å². The van der Waals surface area contributed by atoms with Crippen LogP contribution in [0.5, 0.6) is 0 Å². The highest BCUT2D eigenvalue weighted by Gasteiger charge is 2.23. The van der Waals surface area contributed by atoms with Crippen LogP contribution in [0.1, 0.15) is 16.8 Å². The standard InChI is InChI=1S/C18H17ClN4O/c19-14-3-5-15(6-4-14)23-18(24)16-7-9-22(12-17(16)21-23)11-13-2-1-8-20-10-13/h1-6,8,10,21H,7,9,11-12H2. The molecule has 0 bridgehead atoms. The van der Waals surface area contributed by atoms with E-state index in [0.29, 0.717) is 5.02 Å². The van der Waals surface area contributed by atoms with Crippen LogP contribution in [0.25, 0.3) is 5.69 Å². The van der Waals surface area contributed by atoms with Gasteiger partial charge in [-0.2, -0.15) is 0 Å². The van der Waals surface area contributed by atoms with Gasteiger partial charge in [0.1, 0.15) is 0 Å². The molecule has 0 unspecified atom stereocenters. The van der Waals surface area contributed by atoms with Crippen molar-refractivity contribution in [3.63, 3.8) is 0 Å². The maximum atomic E-state index is 12.6. The van der Waals surface area contributed by atoms with Crippen LogP contribution in [-0.4, -0.2) is 26.2 Å². The van der Waals surface area contributed by atoms with Gasteiger partial charge in [-0.3, -0.25) is 19.8 Å². The van der Waals surface area contributed by atoms with Crippen LogP contribution in [0, 0.1) is 0 Å². The molecule has 6 heteroatoms. The van der Waals surface area contributed by atoms with Gasteiger partial charge in [0.2, 0.25) is 0 Å². The molecule has 0 saturated carbocycles. The Morgan fingerprint density at radius 1 is 1.21 bits per heavy atom. The number of aromatic amines is 1. The van der Waals surface area contributed by atoms with Crippen molar-refractivity contribution in [3.8, 4) is 5.69 Å². The normalized spacial score (nSPS) is 14.5. The molecule has 5 nitrogen and oxygen atoms in total. The van der Waals surface area contributed by atoms with Gasteiger partial charge in [0.15, 0.2) is 0 Å². The van der Waals surface area contributed by atoms with E-state index in [4.69, 9.17) is 11.6 Å². The molecule has 0 radical (unpaired) electrons. The SMILES string of the molecule is O=c1c2c([nH]n1-c1ccc(Cl)cc1)CN(Cc1cccnc1)CC2. The molecule has 0 fully saturated rings. The number of aromatic nitrogens is 3. The molecule has 0 aliphatic carbocycles. The Morgan fingerprint density at radius 2 is 2.04 bits per heavy atom. The van der Waals surface area contributed by atoms with E-state index in [1.807, 2.05) is 24.4 Å². The van der Waals surface area contributed by atoms with E-state index in [2.05, 4.69) is 21.0 Å². The summed E-state index contributed by atoms with van der Waals surface area (Å²) in [4.78, 5) is 19.1. The molecule has 1 N–H and O–H groups in total. The Bertz CT molecular complexity index is 899. The van der Waals surface area contributed by atoms with Crippen LogP contribution in [-0.2, 0) is 19.5 Å². The highest BCUT2D eigenvalue weighted by atomic mass is 35.5. The Kier molecular flexibility index (Phi) is 3.96. The number of halogens is 1. The van der Waals surface area contributed by atoms with Gasteiger partial charge in [-0.1, -0.05) is 17.7 Å². The first-order chi connectivity index (χ1) is 11.7. The molecule has 1 aromatic carbocycles. The molecule has 2 aromatic heterocycles. The van der Waals surface area contributed by atoms with Crippen LogP contribution in [0.15, 0.2) is 53.6 Å². The van der Waals surface area contributed by atoms with Crippen molar-refractivity contribution in [1.82, 2.24) is 19.7 Å². The first-order valence-corrected chi connectivity index (χ1v) is 8.28. The van der Waals surface area contributed by atoms with Crippen LogP contribution in [0.2, 0.25) is 5.02 Å². The van der Waals surface area contributed by atoms with E-state index in [1.54, 1.807) is 23.0 Å². The van der Waals surface area contributed by atoms with Gasteiger partial charge in [-0.25, -0.2) is 4.68 Å². The number of hydrogen-bond acceptors (Lipinski definition) is 3. The van der Waals surface area contributed by atoms with Gasteiger partial charge >= 0.3 is 0 Å². The number of rotatable bonds is 3. The summed E-state index contributed by atoms with van der Waals surface area (Å²) in [5.41, 5.74) is 3.89. The third-order valence-corrected chi connectivity index (χ3v) is 4.60. The van der Waals surface area contributed by atoms with Crippen molar-refractivity contribution >= 4 is 11.6 Å². The lowest BCUT2D eigenvalue weighted by molar-refractivity contribution is 0.242. The molecular weight excluding hydrogens is 324 g/mol. The van der Waals surface area contributed by atoms with Crippen molar-refractivity contribution in [2.45, 2.75) is 19.5 Å². The maximum Gasteiger partial charge on any atom is 0.274 e. The van der Waals surface area contributed by atoms with Gasteiger partial charge in [-0.05, 0) is 42.3 Å². The molecule has 1 aliphatic rings. The lowest BCUT2D eigenvalue weighted by Crippen LogP contribution is -2.31. The van der Waals surface area contributed by atoms with Crippen molar-refractivity contribution in [1.29, 1.82) is 0 Å². The Balaban J connectivity index is 1.59. The lowest BCUT2D eigenvalue weighted by atomic mass is 10.1. The third kappa shape index (κ3) is 2.88. The van der Waals surface area contributed by atoms with Gasteiger partial charge in [0.05, 0.1) is 11.4 Å². The first-order valence-electron chi connectivity index (χ1n) is 7.91. The molecule has 3 heterocycles. The van der Waals surface area contributed by atoms with E-state index in [0.717, 1.165) is 43.0 Å². The number of H-pyrrole nitrogens is 1. The predicted molar refractivity (Wildman–Crippen MR) is 93.5 cm³/mol. The largest absolute Gasteiger partial charge is 0.293 e. The monoisotopic (exact) mass is 340 g/mol. The van der Waals surface area contributed by atoms with Gasteiger partial charge in [-0.15, -0.1) is 0 Å². The highest BCUT2D eigenvalue weighted by Crippen LogP contribution is 2.18. The van der Waals surface area contributed by atoms with Gasteiger partial charge in [0, 0.05) is 42.6 Å². The third-order valence-electron chi connectivity index (χ3n) is 4.35. The van der Waals surface area contributed by atoms with Crippen LogP contribution in [0.3, 0.4) is 0 Å². The number of nitrogens with one attached hydrogen (secondary N) is 1. The average Bonchev–Trinajstić information content (AvgIpc) is 2.93. The Morgan fingerprint density at radius 3 is 2.79 bits per heavy atom. The summed E-state index contributed by atoms with van der Waals surface area (Å²) >= 11 is 5.93. The van der Waals surface area contributed by atoms with Gasteiger partial charge in [0.25, 0.3) is 5.56 Å². The number of pyridine rings is 1. The van der Waals surface area contributed by atoms with E-state index in [9.17, 15) is 4.79 Å². The molecule has 122 valence electrons. The maximum absolute atomic E-state index is 12.6. The summed E-state index contributed by atoms with van der Waals surface area (Å²) in [5, 5.41) is 3.92. The van der Waals surface area contributed by atoms with Crippen molar-refractivity contribution < 1.29 is 0 Å². The second-order valence-electron chi connectivity index (χ2n) is 6.01. The molecular formula is C18H17ClN4O. The summed E-state index contributed by atoms with van der Waals surface area (Å²) < 4.78 is 1.61. The number of benzene rings is 1. The minimum atomic E-state index is 0.0355. The fraction of sp³-hybridized carbons (Fsp3) is 0.222. The van der Waals surface area contributed by atoms with E-state index in [1.165, 1.54) is 5.56 Å². The zero-order valence-corrected chi connectivity index (χ0v) is 13.8. The van der Waals surface area contributed by atoms with E-state index >= 15 is 0 Å². The minimum absolute atomic E-state index is 0.0355. The second kappa shape index (κ2) is 6.26. The molecule has 1 aliphatic heterocycles. The van der Waals surface area contributed by atoms with Crippen LogP contribution in [0.4, 0.5) is 0 Å². The number of fused-ring (bicyclic) bond motifs is 1. The average molecular weight is 341 g/mol. The topological polar surface area (TPSA) is 53.9 Å². The summed E-state index contributed by atoms with van der Waals surface area (Å²) in [6, 6.07) is 11.3. The molecule has 0 atom stereocenters.